The van der Waals surface area contributed by atoms with Crippen LogP contribution < -0.4 is 0 Å². The van der Waals surface area contributed by atoms with Crippen molar-refractivity contribution in [2.75, 3.05) is 0 Å². The normalized spacial score (nSPS) is 15.1. The van der Waals surface area contributed by atoms with E-state index in [4.69, 9.17) is 15.0 Å². The number of aromatic nitrogens is 3. The van der Waals surface area contributed by atoms with Crippen molar-refractivity contribution in [2.24, 2.45) is 0 Å². The lowest BCUT2D eigenvalue weighted by Gasteiger charge is -2.27. The maximum absolute atomic E-state index is 5.08. The molecular formula is C53H45N3. The highest BCUT2D eigenvalue weighted by atomic mass is 15.0. The number of benzene rings is 5. The summed E-state index contributed by atoms with van der Waals surface area (Å²) in [5.41, 5.74) is 15.5. The van der Waals surface area contributed by atoms with E-state index < -0.39 is 0 Å². The molecule has 6 aromatic rings. The molecule has 1 aromatic heterocycles. The quantitative estimate of drug-likeness (QED) is 0.157. The maximum atomic E-state index is 5.08. The van der Waals surface area contributed by atoms with Crippen molar-refractivity contribution in [3.8, 4) is 44.8 Å². The number of aryl methyl sites for hydroxylation is 1. The highest BCUT2D eigenvalue weighted by molar-refractivity contribution is 5.81. The Balaban J connectivity index is 0.971. The fraction of sp³-hybridized carbons (Fsp3) is 0.151. The third-order valence-corrected chi connectivity index (χ3v) is 11.4. The van der Waals surface area contributed by atoms with Crippen LogP contribution in [0.1, 0.15) is 67.9 Å². The van der Waals surface area contributed by atoms with Gasteiger partial charge in [-0.2, -0.15) is 0 Å². The van der Waals surface area contributed by atoms with Gasteiger partial charge < -0.3 is 0 Å². The smallest absolute Gasteiger partial charge is 0.164 e. The molecule has 9 rings (SSSR count). The third-order valence-electron chi connectivity index (χ3n) is 11.4. The first-order valence-electron chi connectivity index (χ1n) is 19.9. The van der Waals surface area contributed by atoms with E-state index in [1.807, 2.05) is 6.07 Å². The van der Waals surface area contributed by atoms with Gasteiger partial charge in [-0.1, -0.05) is 184 Å². The molecule has 0 atom stereocenters. The standard InChI is InChI=1S/C53H45N3/c1-53(2,47-33-30-39(31-34-47)44-21-11-22-45(36-44)49-25-13-19-40-16-9-10-24-48(40)49)46-23-12-20-42(32-35-46)51-54-50(41-17-7-4-8-18-41)55-52(56-51)43-28-26-38(27-29-43)37-14-5-3-6-15-37/h3,5-7,10-11,13-15,17-36H,4,8-9,12,16H2,1-2H3. The van der Waals surface area contributed by atoms with Gasteiger partial charge in [0.1, 0.15) is 0 Å². The van der Waals surface area contributed by atoms with Gasteiger partial charge >= 0.3 is 0 Å². The Morgan fingerprint density at radius 1 is 0.464 bits per heavy atom. The van der Waals surface area contributed by atoms with E-state index in [1.54, 1.807) is 0 Å². The molecule has 0 radical (unpaired) electrons. The van der Waals surface area contributed by atoms with Crippen LogP contribution in [0.2, 0.25) is 0 Å². The first kappa shape index (κ1) is 35.3. The fourth-order valence-electron chi connectivity index (χ4n) is 8.07. The van der Waals surface area contributed by atoms with E-state index in [1.165, 1.54) is 55.6 Å². The van der Waals surface area contributed by atoms with Gasteiger partial charge in [0.15, 0.2) is 17.5 Å². The van der Waals surface area contributed by atoms with Crippen LogP contribution in [0.5, 0.6) is 0 Å². The van der Waals surface area contributed by atoms with Crippen LogP contribution in [0.15, 0.2) is 176 Å². The molecule has 0 N–H and O–H groups in total. The Morgan fingerprint density at radius 3 is 1.89 bits per heavy atom. The number of hydrogen-bond donors (Lipinski definition) is 0. The second-order valence-electron chi connectivity index (χ2n) is 15.4. The number of rotatable bonds is 8. The van der Waals surface area contributed by atoms with E-state index in [0.717, 1.165) is 48.8 Å². The molecule has 0 spiro atoms. The summed E-state index contributed by atoms with van der Waals surface area (Å²) in [5, 5.41) is 0. The van der Waals surface area contributed by atoms with Crippen LogP contribution in [0.4, 0.5) is 0 Å². The fourth-order valence-corrected chi connectivity index (χ4v) is 8.07. The average Bonchev–Trinajstić information content (AvgIpc) is 3.54. The van der Waals surface area contributed by atoms with Gasteiger partial charge in [0.25, 0.3) is 0 Å². The summed E-state index contributed by atoms with van der Waals surface area (Å²) in [6, 6.07) is 43.8. The molecule has 5 aromatic carbocycles. The number of nitrogens with zero attached hydrogens (tertiary/aromatic N) is 3. The van der Waals surface area contributed by atoms with Gasteiger partial charge in [0, 0.05) is 22.1 Å². The molecule has 3 aliphatic carbocycles. The summed E-state index contributed by atoms with van der Waals surface area (Å²) in [4.78, 5) is 15.1. The molecule has 0 fully saturated rings. The monoisotopic (exact) mass is 723 g/mol. The molecule has 1 heterocycles. The van der Waals surface area contributed by atoms with Gasteiger partial charge in [0.05, 0.1) is 0 Å². The molecule has 3 heteroatoms. The van der Waals surface area contributed by atoms with Gasteiger partial charge in [-0.15, -0.1) is 0 Å². The lowest BCUT2D eigenvalue weighted by Crippen LogP contribution is -2.19. The van der Waals surface area contributed by atoms with Crippen LogP contribution in [-0.2, 0) is 11.8 Å². The zero-order valence-corrected chi connectivity index (χ0v) is 32.1. The minimum Gasteiger partial charge on any atom is -0.208 e. The molecule has 0 saturated heterocycles. The third kappa shape index (κ3) is 7.21. The first-order valence-corrected chi connectivity index (χ1v) is 19.9. The van der Waals surface area contributed by atoms with Gasteiger partial charge in [0.2, 0.25) is 0 Å². The van der Waals surface area contributed by atoms with Crippen molar-refractivity contribution in [3.63, 3.8) is 0 Å². The lowest BCUT2D eigenvalue weighted by molar-refractivity contribution is 0.637. The zero-order valence-electron chi connectivity index (χ0n) is 32.1. The second-order valence-corrected chi connectivity index (χ2v) is 15.4. The van der Waals surface area contributed by atoms with E-state index in [2.05, 4.69) is 184 Å². The summed E-state index contributed by atoms with van der Waals surface area (Å²) < 4.78 is 0. The van der Waals surface area contributed by atoms with E-state index >= 15 is 0 Å². The topological polar surface area (TPSA) is 38.7 Å². The number of fused-ring (bicyclic) bond motifs is 1. The van der Waals surface area contributed by atoms with Gasteiger partial charge in [-0.25, -0.2) is 15.0 Å². The first-order chi connectivity index (χ1) is 27.5. The lowest BCUT2D eigenvalue weighted by atomic mass is 9.76. The SMILES string of the molecule is CC(C)(C1=CCC=C(c2nc(C3=CCCC=C3)nc(-c3ccc(-c4ccccc4)cc3)n2)C=C1)c1ccc(-c2cccc(-c3cccc4c3C=CCC4)c2)cc1. The molecule has 0 aliphatic heterocycles. The predicted octanol–water partition coefficient (Wildman–Crippen LogP) is 13.5. The maximum Gasteiger partial charge on any atom is 0.164 e. The van der Waals surface area contributed by atoms with Crippen LogP contribution in [-0.4, -0.2) is 15.0 Å². The van der Waals surface area contributed by atoms with E-state index in [9.17, 15) is 0 Å². The van der Waals surface area contributed by atoms with Crippen molar-refractivity contribution < 1.29 is 0 Å². The second kappa shape index (κ2) is 15.4. The van der Waals surface area contributed by atoms with Crippen molar-refractivity contribution in [2.45, 2.75) is 51.4 Å². The van der Waals surface area contributed by atoms with Crippen molar-refractivity contribution in [3.05, 3.63) is 204 Å². The molecule has 0 amide bonds. The summed E-state index contributed by atoms with van der Waals surface area (Å²) in [6.45, 7) is 4.63. The molecule has 0 bridgehead atoms. The summed E-state index contributed by atoms with van der Waals surface area (Å²) in [6.07, 6.45) is 25.2. The molecule has 272 valence electrons. The van der Waals surface area contributed by atoms with Crippen LogP contribution in [0, 0.1) is 0 Å². The van der Waals surface area contributed by atoms with Crippen LogP contribution in [0.25, 0.3) is 62.0 Å². The highest BCUT2D eigenvalue weighted by Gasteiger charge is 2.25. The molecule has 56 heavy (non-hydrogen) atoms. The van der Waals surface area contributed by atoms with E-state index in [0.29, 0.717) is 17.5 Å². The minimum absolute atomic E-state index is 0.205. The molecule has 0 saturated carbocycles. The number of allylic oxidation sites excluding steroid dienone is 11. The Hall–Kier alpha value is -6.45. The van der Waals surface area contributed by atoms with E-state index in [-0.39, 0.29) is 5.41 Å². The minimum atomic E-state index is -0.205. The van der Waals surface area contributed by atoms with Crippen molar-refractivity contribution in [1.29, 1.82) is 0 Å². The highest BCUT2D eigenvalue weighted by Crippen LogP contribution is 2.38. The van der Waals surface area contributed by atoms with Crippen LogP contribution >= 0.6 is 0 Å². The average molecular weight is 724 g/mol. The Kier molecular flexibility index (Phi) is 9.67. The van der Waals surface area contributed by atoms with Gasteiger partial charge in [-0.3, -0.25) is 0 Å². The Labute approximate surface area is 331 Å². The Morgan fingerprint density at radius 2 is 1.11 bits per heavy atom. The largest absolute Gasteiger partial charge is 0.208 e. The van der Waals surface area contributed by atoms with Crippen molar-refractivity contribution >= 4 is 17.2 Å². The van der Waals surface area contributed by atoms with Gasteiger partial charge in [-0.05, 0) is 93.8 Å². The van der Waals surface area contributed by atoms with Crippen molar-refractivity contribution in [1.82, 2.24) is 15.0 Å². The molecule has 3 aliphatic rings. The summed E-state index contributed by atoms with van der Waals surface area (Å²) in [5.74, 6) is 2.09. The molecular weight excluding hydrogens is 679 g/mol. The Bertz CT molecular complexity index is 2600. The predicted molar refractivity (Wildman–Crippen MR) is 235 cm³/mol. The summed E-state index contributed by atoms with van der Waals surface area (Å²) in [7, 11) is 0. The van der Waals surface area contributed by atoms with Crippen LogP contribution in [0.3, 0.4) is 0 Å². The molecule has 3 nitrogen and oxygen atoms in total. The summed E-state index contributed by atoms with van der Waals surface area (Å²) >= 11 is 0. The molecule has 0 unspecified atom stereocenters. The zero-order chi connectivity index (χ0) is 37.9. The number of hydrogen-bond acceptors (Lipinski definition) is 3.